The Bertz CT molecular complexity index is 1810. The lowest BCUT2D eigenvalue weighted by Crippen LogP contribution is -2.40. The molecule has 42 heavy (non-hydrogen) atoms. The number of rotatable bonds is 9. The summed E-state index contributed by atoms with van der Waals surface area (Å²) in [5.41, 5.74) is 2.11. The molecular formula is C31H26F2N2O6S. The number of ether oxygens (including phenoxy) is 4. The molecule has 0 amide bonds. The van der Waals surface area contributed by atoms with Gasteiger partial charge in [-0.3, -0.25) is 9.36 Å². The highest BCUT2D eigenvalue weighted by molar-refractivity contribution is 7.07. The number of hydrogen-bond acceptors (Lipinski definition) is 8. The molecule has 1 aliphatic heterocycles. The van der Waals surface area contributed by atoms with Crippen LogP contribution in [0.3, 0.4) is 0 Å². The number of hydrogen-bond donors (Lipinski definition) is 0. The molecule has 1 atom stereocenters. The molecular weight excluding hydrogens is 566 g/mol. The summed E-state index contributed by atoms with van der Waals surface area (Å²) in [4.78, 5) is 32.7. The van der Waals surface area contributed by atoms with Crippen LogP contribution in [0.1, 0.15) is 29.7 Å². The Kier molecular flexibility index (Phi) is 8.48. The van der Waals surface area contributed by atoms with Crippen LogP contribution in [0.15, 0.2) is 88.2 Å². The average Bonchev–Trinajstić information content (AvgIpc) is 3.31. The van der Waals surface area contributed by atoms with Gasteiger partial charge in [0.2, 0.25) is 0 Å². The molecule has 3 aromatic carbocycles. The molecule has 0 fully saturated rings. The third kappa shape index (κ3) is 5.68. The fraction of sp³-hybridized carbons (Fsp3) is 0.194. The van der Waals surface area contributed by atoms with Gasteiger partial charge < -0.3 is 18.9 Å². The Labute approximate surface area is 243 Å². The molecule has 0 bridgehead atoms. The predicted octanol–water partition coefficient (Wildman–Crippen LogP) is 4.55. The molecule has 4 aromatic rings. The second kappa shape index (κ2) is 12.4. The predicted molar refractivity (Wildman–Crippen MR) is 154 cm³/mol. The van der Waals surface area contributed by atoms with Gasteiger partial charge in [0.1, 0.15) is 5.75 Å². The van der Waals surface area contributed by atoms with E-state index in [0.29, 0.717) is 37.5 Å². The number of fused-ring (bicyclic) bond motifs is 1. The summed E-state index contributed by atoms with van der Waals surface area (Å²) >= 11 is 1.14. The van der Waals surface area contributed by atoms with Crippen molar-refractivity contribution in [3.05, 3.63) is 115 Å². The number of methoxy groups -OCH3 is 2. The Balaban J connectivity index is 1.75. The Hall–Kier alpha value is -4.77. The molecule has 1 aliphatic rings. The monoisotopic (exact) mass is 592 g/mol. The van der Waals surface area contributed by atoms with Gasteiger partial charge in [-0.1, -0.05) is 59.9 Å². The van der Waals surface area contributed by atoms with Crippen LogP contribution in [0.25, 0.3) is 11.8 Å². The maximum absolute atomic E-state index is 14.0. The fourth-order valence-corrected chi connectivity index (χ4v) is 5.66. The normalized spacial score (nSPS) is 14.8. The number of esters is 1. The highest BCUT2D eigenvalue weighted by Gasteiger charge is 2.35. The van der Waals surface area contributed by atoms with E-state index in [-0.39, 0.29) is 29.2 Å². The van der Waals surface area contributed by atoms with Crippen molar-refractivity contribution < 1.29 is 32.5 Å². The number of benzene rings is 3. The maximum atomic E-state index is 14.0. The fourth-order valence-electron chi connectivity index (χ4n) is 4.66. The zero-order valence-electron chi connectivity index (χ0n) is 22.9. The van der Waals surface area contributed by atoms with Crippen molar-refractivity contribution in [1.29, 1.82) is 0 Å². The van der Waals surface area contributed by atoms with E-state index in [1.807, 2.05) is 30.3 Å². The molecule has 0 saturated heterocycles. The van der Waals surface area contributed by atoms with E-state index >= 15 is 0 Å². The Morgan fingerprint density at radius 1 is 1.02 bits per heavy atom. The first-order chi connectivity index (χ1) is 20.3. The summed E-state index contributed by atoms with van der Waals surface area (Å²) in [7, 11) is 2.89. The second-order valence-corrected chi connectivity index (χ2v) is 10.0. The SMILES string of the molecule is CCOC(=O)C1=C(c2ccccc2)N=c2s/c(=C/c3ccc(OC(F)F)c(OC)c3)c(=O)n2[C@H]1c1ccc(OC)cc1. The van der Waals surface area contributed by atoms with E-state index in [9.17, 15) is 18.4 Å². The Morgan fingerprint density at radius 2 is 1.76 bits per heavy atom. The van der Waals surface area contributed by atoms with Gasteiger partial charge in [-0.2, -0.15) is 8.78 Å². The number of halogens is 2. The zero-order chi connectivity index (χ0) is 29.8. The quantitative estimate of drug-likeness (QED) is 0.265. The third-order valence-electron chi connectivity index (χ3n) is 6.51. The second-order valence-electron chi connectivity index (χ2n) is 8.99. The molecule has 11 heteroatoms. The van der Waals surface area contributed by atoms with Crippen LogP contribution in [0.4, 0.5) is 8.78 Å². The van der Waals surface area contributed by atoms with E-state index in [1.54, 1.807) is 50.4 Å². The van der Waals surface area contributed by atoms with Crippen LogP contribution in [-0.2, 0) is 9.53 Å². The van der Waals surface area contributed by atoms with Crippen molar-refractivity contribution in [3.63, 3.8) is 0 Å². The van der Waals surface area contributed by atoms with Gasteiger partial charge in [-0.15, -0.1) is 0 Å². The first-order valence-electron chi connectivity index (χ1n) is 12.9. The van der Waals surface area contributed by atoms with Gasteiger partial charge in [0, 0.05) is 5.56 Å². The van der Waals surface area contributed by atoms with E-state index in [1.165, 1.54) is 23.8 Å². The van der Waals surface area contributed by atoms with Crippen molar-refractivity contribution in [2.24, 2.45) is 4.99 Å². The molecule has 216 valence electrons. The molecule has 0 radical (unpaired) electrons. The lowest BCUT2D eigenvalue weighted by molar-refractivity contribution is -0.138. The molecule has 1 aromatic heterocycles. The summed E-state index contributed by atoms with van der Waals surface area (Å²) in [6, 6.07) is 19.9. The molecule has 8 nitrogen and oxygen atoms in total. The van der Waals surface area contributed by atoms with Gasteiger partial charge in [0.25, 0.3) is 5.56 Å². The lowest BCUT2D eigenvalue weighted by Gasteiger charge is -2.26. The molecule has 0 N–H and O–H groups in total. The van der Waals surface area contributed by atoms with Gasteiger partial charge in [-0.05, 0) is 48.4 Å². The van der Waals surface area contributed by atoms with E-state index in [2.05, 4.69) is 4.74 Å². The van der Waals surface area contributed by atoms with Gasteiger partial charge in [-0.25, -0.2) is 9.79 Å². The molecule has 0 unspecified atom stereocenters. The maximum Gasteiger partial charge on any atom is 0.387 e. The smallest absolute Gasteiger partial charge is 0.387 e. The van der Waals surface area contributed by atoms with Gasteiger partial charge >= 0.3 is 12.6 Å². The number of aromatic nitrogens is 1. The van der Waals surface area contributed by atoms with Crippen LogP contribution < -0.4 is 29.1 Å². The summed E-state index contributed by atoms with van der Waals surface area (Å²) in [6.07, 6.45) is 1.61. The summed E-state index contributed by atoms with van der Waals surface area (Å²) in [5.74, 6) is -0.0139. The molecule has 5 rings (SSSR count). The number of nitrogens with zero attached hydrogens (tertiary/aromatic N) is 2. The highest BCUT2D eigenvalue weighted by Crippen LogP contribution is 2.36. The van der Waals surface area contributed by atoms with Crippen molar-refractivity contribution in [3.8, 4) is 17.2 Å². The summed E-state index contributed by atoms with van der Waals surface area (Å²) in [6.45, 7) is -1.17. The number of carbonyl (C=O) groups is 1. The topological polar surface area (TPSA) is 88.4 Å². The Morgan fingerprint density at radius 3 is 2.40 bits per heavy atom. The average molecular weight is 593 g/mol. The van der Waals surface area contributed by atoms with Crippen LogP contribution in [0, 0.1) is 0 Å². The highest BCUT2D eigenvalue weighted by atomic mass is 32.1. The number of carbonyl (C=O) groups excluding carboxylic acids is 1. The largest absolute Gasteiger partial charge is 0.497 e. The first kappa shape index (κ1) is 28.7. The minimum Gasteiger partial charge on any atom is -0.497 e. The molecule has 0 aliphatic carbocycles. The number of alkyl halides is 2. The van der Waals surface area contributed by atoms with Crippen molar-refractivity contribution in [2.75, 3.05) is 20.8 Å². The van der Waals surface area contributed by atoms with Crippen molar-refractivity contribution in [2.45, 2.75) is 19.6 Å². The first-order valence-corrected chi connectivity index (χ1v) is 13.7. The van der Waals surface area contributed by atoms with Crippen LogP contribution in [0.2, 0.25) is 0 Å². The molecule has 2 heterocycles. The minimum atomic E-state index is -3.02. The van der Waals surface area contributed by atoms with E-state index in [0.717, 1.165) is 11.3 Å². The van der Waals surface area contributed by atoms with Gasteiger partial charge in [0.15, 0.2) is 16.3 Å². The lowest BCUT2D eigenvalue weighted by atomic mass is 9.93. The van der Waals surface area contributed by atoms with Crippen LogP contribution >= 0.6 is 11.3 Å². The number of thiazole rings is 1. The van der Waals surface area contributed by atoms with Gasteiger partial charge in [0.05, 0.1) is 42.7 Å². The van der Waals surface area contributed by atoms with Crippen LogP contribution in [0.5, 0.6) is 17.2 Å². The summed E-state index contributed by atoms with van der Waals surface area (Å²) in [5, 5.41) is 0. The standard InChI is InChI=1S/C31H26F2N2O6S/c1-4-40-29(37)25-26(19-8-6-5-7-9-19)34-31-35(27(25)20-11-13-21(38-2)14-12-20)28(36)24(42-31)17-18-10-15-22(41-30(32)33)23(16-18)39-3/h5-17,27,30H,4H2,1-3H3/b24-17+/t27-/m0/s1. The zero-order valence-corrected chi connectivity index (χ0v) is 23.7. The van der Waals surface area contributed by atoms with Crippen molar-refractivity contribution >= 4 is 29.1 Å². The molecule has 0 saturated carbocycles. The van der Waals surface area contributed by atoms with Crippen LogP contribution in [-0.4, -0.2) is 38.0 Å². The third-order valence-corrected chi connectivity index (χ3v) is 7.49. The van der Waals surface area contributed by atoms with E-state index < -0.39 is 18.6 Å². The van der Waals surface area contributed by atoms with E-state index in [4.69, 9.17) is 19.2 Å². The minimum absolute atomic E-state index is 0.0869. The van der Waals surface area contributed by atoms with Crippen molar-refractivity contribution in [1.82, 2.24) is 4.57 Å². The summed E-state index contributed by atoms with van der Waals surface area (Å²) < 4.78 is 47.9. The molecule has 0 spiro atoms.